The van der Waals surface area contributed by atoms with Gasteiger partial charge in [-0.1, -0.05) is 0 Å². The molecule has 0 bridgehead atoms. The van der Waals surface area contributed by atoms with Crippen LogP contribution in [-0.4, -0.2) is 55.3 Å². The van der Waals surface area contributed by atoms with E-state index < -0.39 is 6.10 Å². The molecule has 0 aliphatic rings. The van der Waals surface area contributed by atoms with Gasteiger partial charge >= 0.3 is 0 Å². The molecule has 3 rings (SSSR count). The SMILES string of the molecule is O=C(Cc1nc2cnc3[nH]ccc3c2[nH]1)NCC(O)CO. The topological polar surface area (TPSA) is 127 Å². The number of fused-ring (bicyclic) bond motifs is 3. The summed E-state index contributed by atoms with van der Waals surface area (Å²) in [4.78, 5) is 26.4. The van der Waals surface area contributed by atoms with Crippen molar-refractivity contribution in [3.63, 3.8) is 0 Å². The molecule has 0 saturated heterocycles. The first-order valence-corrected chi connectivity index (χ1v) is 6.53. The molecule has 1 atom stereocenters. The molecular weight excluding hydrogens is 274 g/mol. The van der Waals surface area contributed by atoms with Crippen molar-refractivity contribution < 1.29 is 15.0 Å². The lowest BCUT2D eigenvalue weighted by molar-refractivity contribution is -0.121. The lowest BCUT2D eigenvalue weighted by Gasteiger charge is -2.07. The van der Waals surface area contributed by atoms with Crippen molar-refractivity contribution in [2.45, 2.75) is 12.5 Å². The molecule has 110 valence electrons. The predicted octanol–water partition coefficient (Wildman–Crippen LogP) is -0.549. The summed E-state index contributed by atoms with van der Waals surface area (Å²) in [6.45, 7) is -0.374. The van der Waals surface area contributed by atoms with Crippen LogP contribution < -0.4 is 5.32 Å². The van der Waals surface area contributed by atoms with E-state index in [2.05, 4.69) is 25.3 Å². The monoisotopic (exact) mass is 289 g/mol. The number of nitrogens with zero attached hydrogens (tertiary/aromatic N) is 2. The fraction of sp³-hybridized carbons (Fsp3) is 0.308. The number of carbonyl (C=O) groups excluding carboxylic acids is 1. The average Bonchev–Trinajstić information content (AvgIpc) is 3.09. The molecule has 0 aromatic carbocycles. The summed E-state index contributed by atoms with van der Waals surface area (Å²) in [7, 11) is 0. The lowest BCUT2D eigenvalue weighted by Crippen LogP contribution is -2.34. The zero-order chi connectivity index (χ0) is 14.8. The molecule has 8 heteroatoms. The minimum atomic E-state index is -0.951. The molecule has 0 fully saturated rings. The van der Waals surface area contributed by atoms with Crippen LogP contribution in [0.1, 0.15) is 5.82 Å². The summed E-state index contributed by atoms with van der Waals surface area (Å²) in [6, 6.07) is 1.89. The predicted molar refractivity (Wildman–Crippen MR) is 75.6 cm³/mol. The van der Waals surface area contributed by atoms with Crippen molar-refractivity contribution in [2.75, 3.05) is 13.2 Å². The van der Waals surface area contributed by atoms with E-state index >= 15 is 0 Å². The summed E-state index contributed by atoms with van der Waals surface area (Å²) in [5.41, 5.74) is 2.29. The molecule has 8 nitrogen and oxygen atoms in total. The van der Waals surface area contributed by atoms with Crippen molar-refractivity contribution in [1.29, 1.82) is 0 Å². The molecule has 3 aromatic rings. The van der Waals surface area contributed by atoms with Crippen LogP contribution in [0.25, 0.3) is 22.1 Å². The summed E-state index contributed by atoms with van der Waals surface area (Å²) in [5.74, 6) is 0.247. The van der Waals surface area contributed by atoms with Crippen LogP contribution in [0.3, 0.4) is 0 Å². The normalized spacial score (nSPS) is 12.9. The number of pyridine rings is 1. The highest BCUT2D eigenvalue weighted by Crippen LogP contribution is 2.20. The van der Waals surface area contributed by atoms with Gasteiger partial charge in [0.2, 0.25) is 5.91 Å². The molecule has 0 aliphatic carbocycles. The van der Waals surface area contributed by atoms with Gasteiger partial charge < -0.3 is 25.5 Å². The van der Waals surface area contributed by atoms with Gasteiger partial charge in [0, 0.05) is 18.1 Å². The third-order valence-electron chi connectivity index (χ3n) is 3.16. The third-order valence-corrected chi connectivity index (χ3v) is 3.16. The van der Waals surface area contributed by atoms with Gasteiger partial charge in [0.15, 0.2) is 0 Å². The standard InChI is InChI=1S/C13H15N5O3/c19-6-7(20)4-15-11(21)3-10-17-9-5-16-13-8(1-2-14-13)12(9)18-10/h1-2,5,7,19-20H,3-4,6H2,(H,14,16)(H,15,21)(H,17,18). The van der Waals surface area contributed by atoms with Crippen molar-refractivity contribution >= 4 is 28.0 Å². The van der Waals surface area contributed by atoms with Crippen LogP contribution in [0.4, 0.5) is 0 Å². The molecule has 5 N–H and O–H groups in total. The first kappa shape index (κ1) is 13.5. The number of aromatic amines is 2. The Bertz CT molecular complexity index is 778. The number of hydrogen-bond acceptors (Lipinski definition) is 5. The Morgan fingerprint density at radius 2 is 2.33 bits per heavy atom. The minimum absolute atomic E-state index is 0.0131. The molecule has 0 radical (unpaired) electrons. The molecule has 0 aliphatic heterocycles. The first-order valence-electron chi connectivity index (χ1n) is 6.53. The van der Waals surface area contributed by atoms with E-state index in [1.54, 1.807) is 12.4 Å². The zero-order valence-corrected chi connectivity index (χ0v) is 11.1. The van der Waals surface area contributed by atoms with E-state index in [9.17, 15) is 9.90 Å². The largest absolute Gasteiger partial charge is 0.394 e. The van der Waals surface area contributed by atoms with Crippen LogP contribution in [0.15, 0.2) is 18.5 Å². The molecule has 21 heavy (non-hydrogen) atoms. The van der Waals surface area contributed by atoms with E-state index in [1.165, 1.54) is 0 Å². The Labute approximate surface area is 119 Å². The summed E-state index contributed by atoms with van der Waals surface area (Å²) in [6.07, 6.45) is 2.55. The second kappa shape index (κ2) is 5.51. The smallest absolute Gasteiger partial charge is 0.227 e. The maximum Gasteiger partial charge on any atom is 0.227 e. The van der Waals surface area contributed by atoms with Gasteiger partial charge in [0.05, 0.1) is 30.8 Å². The highest BCUT2D eigenvalue weighted by molar-refractivity contribution is 6.00. The Morgan fingerprint density at radius 1 is 1.48 bits per heavy atom. The maximum atomic E-state index is 11.7. The average molecular weight is 289 g/mol. The van der Waals surface area contributed by atoms with Gasteiger partial charge in [0.1, 0.15) is 17.0 Å². The van der Waals surface area contributed by atoms with Gasteiger partial charge in [-0.15, -0.1) is 0 Å². The fourth-order valence-corrected chi connectivity index (χ4v) is 2.13. The molecular formula is C13H15N5O3. The number of aliphatic hydroxyl groups is 2. The molecule has 3 heterocycles. The van der Waals surface area contributed by atoms with Crippen LogP contribution in [0.5, 0.6) is 0 Å². The Morgan fingerprint density at radius 3 is 3.14 bits per heavy atom. The quantitative estimate of drug-likeness (QED) is 0.431. The second-order valence-electron chi connectivity index (χ2n) is 4.76. The van der Waals surface area contributed by atoms with Gasteiger partial charge in [0.25, 0.3) is 0 Å². The number of aliphatic hydroxyl groups excluding tert-OH is 2. The van der Waals surface area contributed by atoms with E-state index in [-0.39, 0.29) is 25.5 Å². The molecule has 3 aromatic heterocycles. The number of carbonyl (C=O) groups is 1. The van der Waals surface area contributed by atoms with Crippen LogP contribution in [0, 0.1) is 0 Å². The summed E-state index contributed by atoms with van der Waals surface area (Å²) in [5, 5.41) is 21.3. The van der Waals surface area contributed by atoms with Crippen molar-refractivity contribution in [3.05, 3.63) is 24.3 Å². The Kier molecular flexibility index (Phi) is 3.55. The van der Waals surface area contributed by atoms with E-state index in [4.69, 9.17) is 5.11 Å². The number of aromatic nitrogens is 4. The lowest BCUT2D eigenvalue weighted by atomic mass is 10.3. The zero-order valence-electron chi connectivity index (χ0n) is 11.1. The number of hydrogen-bond donors (Lipinski definition) is 5. The number of rotatable bonds is 5. The van der Waals surface area contributed by atoms with Gasteiger partial charge in [-0.05, 0) is 6.07 Å². The highest BCUT2D eigenvalue weighted by atomic mass is 16.3. The Hall–Kier alpha value is -2.45. The first-order chi connectivity index (χ1) is 10.2. The van der Waals surface area contributed by atoms with E-state index in [0.717, 1.165) is 16.6 Å². The highest BCUT2D eigenvalue weighted by Gasteiger charge is 2.12. The molecule has 0 saturated carbocycles. The van der Waals surface area contributed by atoms with Crippen molar-refractivity contribution in [2.24, 2.45) is 0 Å². The van der Waals surface area contributed by atoms with Gasteiger partial charge in [-0.2, -0.15) is 0 Å². The fourth-order valence-electron chi connectivity index (χ4n) is 2.13. The van der Waals surface area contributed by atoms with E-state index in [0.29, 0.717) is 11.3 Å². The van der Waals surface area contributed by atoms with E-state index in [1.807, 2.05) is 6.07 Å². The van der Waals surface area contributed by atoms with Crippen molar-refractivity contribution in [3.8, 4) is 0 Å². The summed E-state index contributed by atoms with van der Waals surface area (Å²) >= 11 is 0. The summed E-state index contributed by atoms with van der Waals surface area (Å²) < 4.78 is 0. The number of nitrogens with one attached hydrogen (secondary N) is 3. The van der Waals surface area contributed by atoms with Gasteiger partial charge in [-0.3, -0.25) is 4.79 Å². The number of amides is 1. The van der Waals surface area contributed by atoms with Crippen molar-refractivity contribution in [1.82, 2.24) is 25.3 Å². The van der Waals surface area contributed by atoms with Crippen LogP contribution in [0.2, 0.25) is 0 Å². The third kappa shape index (κ3) is 2.71. The van der Waals surface area contributed by atoms with Gasteiger partial charge in [-0.25, -0.2) is 9.97 Å². The maximum absolute atomic E-state index is 11.7. The van der Waals surface area contributed by atoms with Crippen LogP contribution in [-0.2, 0) is 11.2 Å². The van der Waals surface area contributed by atoms with Crippen LogP contribution >= 0.6 is 0 Å². The minimum Gasteiger partial charge on any atom is -0.394 e. The molecule has 1 amide bonds. The molecule has 0 spiro atoms. The number of H-pyrrole nitrogens is 2. The number of imidazole rings is 1. The second-order valence-corrected chi connectivity index (χ2v) is 4.76. The molecule has 1 unspecified atom stereocenters. The Balaban J connectivity index is 1.77.